The number of hydrogen-bond acceptors (Lipinski definition) is 2. The second-order valence-electron chi connectivity index (χ2n) is 3.19. The third-order valence-electron chi connectivity index (χ3n) is 2.15. The Balaban J connectivity index is 2.59. The standard InChI is InChI=1S/C12H9ClO2/c13-10-6-9(11(14)7-12(10)15)8-4-2-1-3-5-8/h1-7,14-15H. The highest BCUT2D eigenvalue weighted by molar-refractivity contribution is 6.32. The molecule has 2 rings (SSSR count). The predicted octanol–water partition coefficient (Wildman–Crippen LogP) is 3.42. The Morgan fingerprint density at radius 2 is 1.53 bits per heavy atom. The molecule has 3 heteroatoms. The molecular formula is C12H9ClO2. The van der Waals surface area contributed by atoms with Crippen LogP contribution in [0.5, 0.6) is 11.5 Å². The number of halogens is 1. The third-order valence-corrected chi connectivity index (χ3v) is 2.45. The Hall–Kier alpha value is -1.67. The lowest BCUT2D eigenvalue weighted by Crippen LogP contribution is -1.79. The molecule has 0 spiro atoms. The van der Waals surface area contributed by atoms with Gasteiger partial charge in [0.1, 0.15) is 11.5 Å². The average molecular weight is 221 g/mol. The Labute approximate surface area is 92.4 Å². The van der Waals surface area contributed by atoms with Crippen LogP contribution in [0.2, 0.25) is 5.02 Å². The second-order valence-corrected chi connectivity index (χ2v) is 3.59. The minimum absolute atomic E-state index is 0.0168. The molecule has 0 aliphatic rings. The quantitative estimate of drug-likeness (QED) is 0.773. The predicted molar refractivity (Wildman–Crippen MR) is 60.2 cm³/mol. The van der Waals surface area contributed by atoms with Gasteiger partial charge in [0.05, 0.1) is 5.02 Å². The van der Waals surface area contributed by atoms with Gasteiger partial charge in [-0.2, -0.15) is 0 Å². The summed E-state index contributed by atoms with van der Waals surface area (Å²) in [6.45, 7) is 0. The molecule has 0 fully saturated rings. The first-order valence-electron chi connectivity index (χ1n) is 4.45. The molecule has 15 heavy (non-hydrogen) atoms. The largest absolute Gasteiger partial charge is 0.507 e. The molecule has 2 nitrogen and oxygen atoms in total. The van der Waals surface area contributed by atoms with Gasteiger partial charge in [-0.25, -0.2) is 0 Å². The highest BCUT2D eigenvalue weighted by Gasteiger charge is 2.08. The van der Waals surface area contributed by atoms with E-state index in [9.17, 15) is 10.2 Å². The van der Waals surface area contributed by atoms with Gasteiger partial charge in [-0.05, 0) is 11.6 Å². The summed E-state index contributed by atoms with van der Waals surface area (Å²) in [4.78, 5) is 0. The fourth-order valence-electron chi connectivity index (χ4n) is 1.40. The first kappa shape index (κ1) is 9.87. The van der Waals surface area contributed by atoms with E-state index in [1.54, 1.807) is 6.07 Å². The Morgan fingerprint density at radius 1 is 0.867 bits per heavy atom. The van der Waals surface area contributed by atoms with Gasteiger partial charge in [0.2, 0.25) is 0 Å². The van der Waals surface area contributed by atoms with Gasteiger partial charge < -0.3 is 10.2 Å². The molecule has 0 atom stereocenters. The molecule has 0 radical (unpaired) electrons. The van der Waals surface area contributed by atoms with Crippen molar-refractivity contribution in [1.29, 1.82) is 0 Å². The van der Waals surface area contributed by atoms with Gasteiger partial charge in [0.25, 0.3) is 0 Å². The van der Waals surface area contributed by atoms with E-state index in [1.165, 1.54) is 6.07 Å². The Morgan fingerprint density at radius 3 is 2.20 bits per heavy atom. The van der Waals surface area contributed by atoms with Crippen LogP contribution in [-0.2, 0) is 0 Å². The minimum atomic E-state index is -0.117. The Bertz CT molecular complexity index is 480. The molecular weight excluding hydrogens is 212 g/mol. The molecule has 0 saturated heterocycles. The van der Waals surface area contributed by atoms with Crippen molar-refractivity contribution in [2.24, 2.45) is 0 Å². The van der Waals surface area contributed by atoms with E-state index < -0.39 is 0 Å². The molecule has 2 aromatic rings. The monoisotopic (exact) mass is 220 g/mol. The van der Waals surface area contributed by atoms with Crippen LogP contribution in [0.1, 0.15) is 0 Å². The number of benzene rings is 2. The molecule has 0 amide bonds. The van der Waals surface area contributed by atoms with Crippen molar-refractivity contribution in [3.8, 4) is 22.6 Å². The van der Waals surface area contributed by atoms with Crippen molar-refractivity contribution in [2.75, 3.05) is 0 Å². The summed E-state index contributed by atoms with van der Waals surface area (Å²) in [5.41, 5.74) is 1.47. The molecule has 0 aromatic heterocycles. The minimum Gasteiger partial charge on any atom is -0.507 e. The van der Waals surface area contributed by atoms with Crippen LogP contribution in [0.4, 0.5) is 0 Å². The summed E-state index contributed by atoms with van der Waals surface area (Å²) in [6, 6.07) is 12.1. The number of hydrogen-bond donors (Lipinski definition) is 2. The average Bonchev–Trinajstić information content (AvgIpc) is 2.25. The summed E-state index contributed by atoms with van der Waals surface area (Å²) in [6.07, 6.45) is 0. The van der Waals surface area contributed by atoms with Gasteiger partial charge >= 0.3 is 0 Å². The van der Waals surface area contributed by atoms with Crippen LogP contribution in [0.3, 0.4) is 0 Å². The SMILES string of the molecule is Oc1cc(O)c(-c2ccccc2)cc1Cl. The molecule has 2 N–H and O–H groups in total. The number of rotatable bonds is 1. The molecule has 0 unspecified atom stereocenters. The van der Waals surface area contributed by atoms with Gasteiger partial charge in [0.15, 0.2) is 0 Å². The van der Waals surface area contributed by atoms with E-state index >= 15 is 0 Å². The van der Waals surface area contributed by atoms with Crippen molar-refractivity contribution in [3.63, 3.8) is 0 Å². The van der Waals surface area contributed by atoms with Crippen molar-refractivity contribution in [3.05, 3.63) is 47.5 Å². The highest BCUT2D eigenvalue weighted by Crippen LogP contribution is 2.36. The van der Waals surface area contributed by atoms with Crippen molar-refractivity contribution >= 4 is 11.6 Å². The summed E-state index contributed by atoms with van der Waals surface area (Å²) in [7, 11) is 0. The lowest BCUT2D eigenvalue weighted by Gasteiger charge is -2.06. The highest BCUT2D eigenvalue weighted by atomic mass is 35.5. The van der Waals surface area contributed by atoms with Crippen LogP contribution >= 0.6 is 11.6 Å². The van der Waals surface area contributed by atoms with Crippen LogP contribution in [0.25, 0.3) is 11.1 Å². The van der Waals surface area contributed by atoms with E-state index in [2.05, 4.69) is 0 Å². The zero-order valence-electron chi connectivity index (χ0n) is 7.81. The first-order chi connectivity index (χ1) is 7.18. The van der Waals surface area contributed by atoms with E-state index in [0.717, 1.165) is 5.56 Å². The second kappa shape index (κ2) is 3.83. The summed E-state index contributed by atoms with van der Waals surface area (Å²) in [5, 5.41) is 19.2. The normalized spacial score (nSPS) is 10.2. The third kappa shape index (κ3) is 1.90. The van der Waals surface area contributed by atoms with Crippen molar-refractivity contribution < 1.29 is 10.2 Å². The first-order valence-corrected chi connectivity index (χ1v) is 4.83. The van der Waals surface area contributed by atoms with Crippen molar-refractivity contribution in [1.82, 2.24) is 0 Å². The maximum Gasteiger partial charge on any atom is 0.137 e. The van der Waals surface area contributed by atoms with Crippen LogP contribution in [0, 0.1) is 0 Å². The van der Waals surface area contributed by atoms with Gasteiger partial charge in [0, 0.05) is 11.6 Å². The van der Waals surface area contributed by atoms with E-state index in [-0.39, 0.29) is 16.5 Å². The fourth-order valence-corrected chi connectivity index (χ4v) is 1.56. The summed E-state index contributed by atoms with van der Waals surface area (Å²) in [5.74, 6) is -0.100. The molecule has 0 saturated carbocycles. The molecule has 76 valence electrons. The fraction of sp³-hybridized carbons (Fsp3) is 0. The molecule has 0 aliphatic carbocycles. The van der Waals surface area contributed by atoms with E-state index in [0.29, 0.717) is 5.56 Å². The van der Waals surface area contributed by atoms with Gasteiger partial charge in [-0.3, -0.25) is 0 Å². The number of aromatic hydroxyl groups is 2. The van der Waals surface area contributed by atoms with E-state index in [4.69, 9.17) is 11.6 Å². The topological polar surface area (TPSA) is 40.5 Å². The van der Waals surface area contributed by atoms with Gasteiger partial charge in [-0.1, -0.05) is 41.9 Å². The molecule has 2 aromatic carbocycles. The molecule has 0 aliphatic heterocycles. The lowest BCUT2D eigenvalue weighted by molar-refractivity contribution is 0.452. The molecule has 0 bridgehead atoms. The number of phenolic OH excluding ortho intramolecular Hbond substituents is 2. The van der Waals surface area contributed by atoms with Crippen LogP contribution in [-0.4, -0.2) is 10.2 Å². The maximum absolute atomic E-state index is 9.65. The zero-order chi connectivity index (χ0) is 10.8. The van der Waals surface area contributed by atoms with Crippen molar-refractivity contribution in [2.45, 2.75) is 0 Å². The maximum atomic E-state index is 9.65. The van der Waals surface area contributed by atoms with E-state index in [1.807, 2.05) is 30.3 Å². The molecule has 0 heterocycles. The van der Waals surface area contributed by atoms with Crippen LogP contribution < -0.4 is 0 Å². The van der Waals surface area contributed by atoms with Gasteiger partial charge in [-0.15, -0.1) is 0 Å². The number of phenols is 2. The lowest BCUT2D eigenvalue weighted by atomic mass is 10.0. The summed E-state index contributed by atoms with van der Waals surface area (Å²) < 4.78 is 0. The zero-order valence-corrected chi connectivity index (χ0v) is 8.57. The Kier molecular flexibility index (Phi) is 2.52. The summed E-state index contributed by atoms with van der Waals surface area (Å²) >= 11 is 5.77. The smallest absolute Gasteiger partial charge is 0.137 e. The van der Waals surface area contributed by atoms with Crippen LogP contribution in [0.15, 0.2) is 42.5 Å².